The molecule has 2 bridgehead atoms. The molecule has 0 amide bonds. The number of likely N-dealkylation sites (N-methyl/N-ethyl adjacent to an activating group) is 1. The molecule has 1 radical (unpaired) electrons. The Kier molecular flexibility index (Phi) is 14.9. The van der Waals surface area contributed by atoms with E-state index in [1.807, 2.05) is 35.0 Å². The number of rotatable bonds is 10. The molecule has 1 aliphatic heterocycles. The summed E-state index contributed by atoms with van der Waals surface area (Å²) >= 11 is 9.20. The number of isothiocyanates is 2. The maximum atomic E-state index is 12.0. The normalized spacial score (nSPS) is 17.3. The Labute approximate surface area is 226 Å². The number of pyridine rings is 1. The first-order valence-corrected chi connectivity index (χ1v) is 11.8. The van der Waals surface area contributed by atoms with Gasteiger partial charge >= 0.3 is 11.9 Å². The van der Waals surface area contributed by atoms with Crippen LogP contribution in [0.4, 0.5) is 0 Å². The van der Waals surface area contributed by atoms with Crippen molar-refractivity contribution < 1.29 is 36.9 Å². The second kappa shape index (κ2) is 16.7. The van der Waals surface area contributed by atoms with Crippen LogP contribution in [-0.4, -0.2) is 111 Å². The molecule has 13 heteroatoms. The van der Waals surface area contributed by atoms with E-state index in [9.17, 15) is 19.8 Å². The number of aromatic nitrogens is 1. The molecule has 35 heavy (non-hydrogen) atoms. The van der Waals surface area contributed by atoms with Crippen LogP contribution < -0.4 is 0 Å². The van der Waals surface area contributed by atoms with Gasteiger partial charge in [0.25, 0.3) is 0 Å². The second-order valence-corrected chi connectivity index (χ2v) is 8.46. The Morgan fingerprint density at radius 3 is 1.74 bits per heavy atom. The Morgan fingerprint density at radius 1 is 0.943 bits per heavy atom. The zero-order chi connectivity index (χ0) is 24.9. The summed E-state index contributed by atoms with van der Waals surface area (Å²) in [6.07, 6.45) is 0.640. The van der Waals surface area contributed by atoms with E-state index in [1.165, 1.54) is 0 Å². The number of carbonyl (C=O) groups is 2. The predicted molar refractivity (Wildman–Crippen MR) is 134 cm³/mol. The first-order chi connectivity index (χ1) is 16.3. The van der Waals surface area contributed by atoms with E-state index < -0.39 is 24.0 Å². The number of nitrogens with zero attached hydrogens (tertiary/aromatic N) is 6. The minimum absolute atomic E-state index is 0. The molecule has 0 saturated carbocycles. The third-order valence-electron chi connectivity index (χ3n) is 5.74. The summed E-state index contributed by atoms with van der Waals surface area (Å²) in [4.78, 5) is 42.4. The molecule has 1 aliphatic rings. The molecule has 10 nitrogen and oxygen atoms in total. The largest absolute Gasteiger partial charge is 0.480 e. The molecule has 0 saturated heterocycles. The zero-order valence-corrected chi connectivity index (χ0v) is 22.4. The van der Waals surface area contributed by atoms with E-state index in [0.29, 0.717) is 65.2 Å². The molecule has 2 atom stereocenters. The number of hydrogen-bond acceptors (Lipinski definition) is 10. The summed E-state index contributed by atoms with van der Waals surface area (Å²) in [6, 6.07) is 4.11. The quantitative estimate of drug-likeness (QED) is 0.247. The van der Waals surface area contributed by atoms with Gasteiger partial charge in [0.05, 0.1) is 34.8 Å². The SMILES string of the molecule is CN1CCN(C(CCN=C=S)C(=O)O)Cc2cccc(n2)CN(C(CCN=C=S)C(=O)O)CC1.[Mn]. The van der Waals surface area contributed by atoms with Gasteiger partial charge < -0.3 is 15.1 Å². The number of thiocarbonyl (C=S) groups is 2. The van der Waals surface area contributed by atoms with E-state index in [4.69, 9.17) is 4.98 Å². The predicted octanol–water partition coefficient (Wildman–Crippen LogP) is 1.52. The van der Waals surface area contributed by atoms with Crippen LogP contribution in [0.25, 0.3) is 0 Å². The Hall–Kier alpha value is -1.91. The molecule has 0 fully saturated rings. The number of aliphatic carboxylic acids is 2. The summed E-state index contributed by atoms with van der Waals surface area (Å²) in [6.45, 7) is 3.52. The van der Waals surface area contributed by atoms with Crippen molar-refractivity contribution in [1.29, 1.82) is 0 Å². The van der Waals surface area contributed by atoms with Crippen LogP contribution in [0.15, 0.2) is 28.2 Å². The minimum atomic E-state index is -0.917. The van der Waals surface area contributed by atoms with Crippen LogP contribution >= 0.6 is 24.4 Å². The second-order valence-electron chi connectivity index (χ2n) is 8.10. The fraction of sp³-hybridized carbons (Fsp3) is 0.591. The third kappa shape index (κ3) is 10.7. The van der Waals surface area contributed by atoms with Crippen LogP contribution in [0.1, 0.15) is 24.2 Å². The Morgan fingerprint density at radius 2 is 1.37 bits per heavy atom. The molecule has 1 aromatic heterocycles. The van der Waals surface area contributed by atoms with Gasteiger partial charge in [0.15, 0.2) is 0 Å². The van der Waals surface area contributed by atoms with Crippen LogP contribution in [0.2, 0.25) is 0 Å². The number of carboxylic acid groups (broad SMARTS) is 2. The van der Waals surface area contributed by atoms with Gasteiger partial charge in [-0.2, -0.15) is 0 Å². The molecular weight excluding hydrogens is 531 g/mol. The van der Waals surface area contributed by atoms with Crippen molar-refractivity contribution >= 4 is 46.7 Å². The first-order valence-electron chi connectivity index (χ1n) is 11.0. The summed E-state index contributed by atoms with van der Waals surface area (Å²) < 4.78 is 0. The van der Waals surface area contributed by atoms with Crippen molar-refractivity contribution in [2.45, 2.75) is 38.0 Å². The van der Waals surface area contributed by atoms with Crippen LogP contribution in [0.5, 0.6) is 0 Å². The summed E-state index contributed by atoms with van der Waals surface area (Å²) in [5.74, 6) is -1.83. The average Bonchev–Trinajstić information content (AvgIpc) is 2.79. The van der Waals surface area contributed by atoms with Crippen LogP contribution in [0, 0.1) is 0 Å². The van der Waals surface area contributed by atoms with Gasteiger partial charge in [-0.25, -0.2) is 9.98 Å². The summed E-state index contributed by atoms with van der Waals surface area (Å²) in [7, 11) is 1.94. The summed E-state index contributed by atoms with van der Waals surface area (Å²) in [5.41, 5.74) is 1.45. The van der Waals surface area contributed by atoms with Gasteiger partial charge in [-0.05, 0) is 56.5 Å². The fourth-order valence-electron chi connectivity index (χ4n) is 3.91. The van der Waals surface area contributed by atoms with Crippen molar-refractivity contribution in [3.05, 3.63) is 29.6 Å². The molecule has 0 aliphatic carbocycles. The van der Waals surface area contributed by atoms with Crippen molar-refractivity contribution in [2.75, 3.05) is 46.3 Å². The fourth-order valence-corrected chi connectivity index (χ4v) is 4.09. The van der Waals surface area contributed by atoms with Crippen molar-refractivity contribution in [2.24, 2.45) is 9.98 Å². The number of carboxylic acids is 2. The van der Waals surface area contributed by atoms with Gasteiger partial charge in [0, 0.05) is 56.3 Å². The molecule has 2 N–H and O–H groups in total. The van der Waals surface area contributed by atoms with Crippen LogP contribution in [-0.2, 0) is 39.7 Å². The van der Waals surface area contributed by atoms with Gasteiger partial charge in [0.1, 0.15) is 12.1 Å². The van der Waals surface area contributed by atoms with Crippen molar-refractivity contribution in [3.8, 4) is 0 Å². The van der Waals surface area contributed by atoms with Gasteiger partial charge in [-0.3, -0.25) is 24.4 Å². The maximum absolute atomic E-state index is 12.0. The standard InChI is InChI=1S/C22H30N6O4S2.Mn/c1-26-9-11-27(19(21(29)30)5-7-23-15-33)13-17-3-2-4-18(25-17)14-28(12-10-26)20(22(31)32)6-8-24-16-34;/h2-4,19-20H,5-14H2,1H3,(H,29,30)(H,31,32);. The molecule has 2 rings (SSSR count). The molecule has 0 spiro atoms. The number of fused-ring (bicyclic) bond motifs is 2. The van der Waals surface area contributed by atoms with E-state index in [-0.39, 0.29) is 17.1 Å². The topological polar surface area (TPSA) is 122 Å². The van der Waals surface area contributed by atoms with E-state index in [0.717, 1.165) is 11.4 Å². The molecule has 191 valence electrons. The smallest absolute Gasteiger partial charge is 0.321 e. The Balaban J connectivity index is 0.00000612. The summed E-state index contributed by atoms with van der Waals surface area (Å²) in [5, 5.41) is 24.3. The number of aliphatic imine (C=N–C) groups is 2. The van der Waals surface area contributed by atoms with Gasteiger partial charge in [-0.15, -0.1) is 0 Å². The van der Waals surface area contributed by atoms with Gasteiger partial charge in [0.2, 0.25) is 0 Å². The van der Waals surface area contributed by atoms with Gasteiger partial charge in [-0.1, -0.05) is 6.07 Å². The average molecular weight is 562 g/mol. The molecule has 2 heterocycles. The molecule has 0 aromatic carbocycles. The van der Waals surface area contributed by atoms with Crippen molar-refractivity contribution in [1.82, 2.24) is 19.7 Å². The van der Waals surface area contributed by atoms with Crippen LogP contribution in [0.3, 0.4) is 0 Å². The molecule has 2 unspecified atom stereocenters. The molecule has 1 aromatic rings. The monoisotopic (exact) mass is 561 g/mol. The Bertz CT molecular complexity index is 873. The third-order valence-corrected chi connectivity index (χ3v) is 6.00. The number of hydrogen-bond donors (Lipinski definition) is 2. The maximum Gasteiger partial charge on any atom is 0.321 e. The van der Waals surface area contributed by atoms with E-state index in [2.05, 4.69) is 49.6 Å². The van der Waals surface area contributed by atoms with E-state index in [1.54, 1.807) is 0 Å². The van der Waals surface area contributed by atoms with Crippen molar-refractivity contribution in [3.63, 3.8) is 0 Å². The zero-order valence-electron chi connectivity index (χ0n) is 19.5. The minimum Gasteiger partial charge on any atom is -0.480 e. The van der Waals surface area contributed by atoms with E-state index >= 15 is 0 Å². The first kappa shape index (κ1) is 31.1. The molecular formula is C22H30MnN6O4S2.